The van der Waals surface area contributed by atoms with Crippen molar-refractivity contribution in [1.82, 2.24) is 5.16 Å². The van der Waals surface area contributed by atoms with Crippen LogP contribution >= 0.6 is 0 Å². The number of hydrogen-bond acceptors (Lipinski definition) is 6. The quantitative estimate of drug-likeness (QED) is 0.232. The van der Waals surface area contributed by atoms with Gasteiger partial charge in [0.25, 0.3) is 0 Å². The number of nitrogens with zero attached hydrogens (tertiary/aromatic N) is 2. The summed E-state index contributed by atoms with van der Waals surface area (Å²) in [6.07, 6.45) is 8.29. The maximum atomic E-state index is 11.9. The van der Waals surface area contributed by atoms with E-state index in [2.05, 4.69) is 44.9 Å². The molecule has 0 amide bonds. The van der Waals surface area contributed by atoms with Gasteiger partial charge >= 0.3 is 5.97 Å². The van der Waals surface area contributed by atoms with Gasteiger partial charge in [0.1, 0.15) is 5.71 Å². The molecule has 0 aliphatic carbocycles. The molecular weight excluding hydrogens is 567 g/mol. The van der Waals surface area contributed by atoms with Gasteiger partial charge in [-0.05, 0) is 40.7 Å². The molecule has 2 aromatic carbocycles. The van der Waals surface area contributed by atoms with Gasteiger partial charge in [0.2, 0.25) is 0 Å². The fraction of sp³-hybridized carbons (Fsp3) is 0.258. The predicted octanol–water partition coefficient (Wildman–Crippen LogP) is 4.58. The Morgan fingerprint density at radius 1 is 0.897 bits per heavy atom. The van der Waals surface area contributed by atoms with Crippen LogP contribution in [0.4, 0.5) is 0 Å². The van der Waals surface area contributed by atoms with Crippen LogP contribution in [0.25, 0.3) is 17.3 Å². The minimum absolute atomic E-state index is 0. The molecule has 0 fully saturated rings. The van der Waals surface area contributed by atoms with Crippen LogP contribution in [-0.2, 0) is 42.3 Å². The Kier molecular flexibility index (Phi) is 13.2. The Morgan fingerprint density at radius 2 is 1.49 bits per heavy atom. The molecule has 39 heavy (non-hydrogen) atoms. The summed E-state index contributed by atoms with van der Waals surface area (Å²) in [7, 11) is 0. The first-order chi connectivity index (χ1) is 18.3. The number of oxime groups is 1. The second-order valence-electron chi connectivity index (χ2n) is 9.35. The van der Waals surface area contributed by atoms with Crippen molar-refractivity contribution in [3.8, 4) is 17.2 Å². The molecule has 2 heterocycles. The average Bonchev–Trinajstić information content (AvgIpc) is 3.47. The summed E-state index contributed by atoms with van der Waals surface area (Å²) in [4.78, 5) is 18.4. The van der Waals surface area contributed by atoms with Gasteiger partial charge in [-0.2, -0.15) is 5.16 Å². The van der Waals surface area contributed by atoms with E-state index in [0.717, 1.165) is 23.2 Å². The third kappa shape index (κ3) is 8.95. The molecule has 8 heteroatoms. The van der Waals surface area contributed by atoms with Crippen molar-refractivity contribution in [2.45, 2.75) is 46.7 Å². The van der Waals surface area contributed by atoms with E-state index in [4.69, 9.17) is 9.36 Å². The van der Waals surface area contributed by atoms with Crippen LogP contribution < -0.4 is 10.0 Å². The number of carbonyl (C=O) groups is 1. The van der Waals surface area contributed by atoms with E-state index in [0.29, 0.717) is 22.5 Å². The molecule has 1 radical (unpaired) electrons. The number of benzene rings is 2. The van der Waals surface area contributed by atoms with Gasteiger partial charge in [-0.15, -0.1) is 0 Å². The van der Waals surface area contributed by atoms with Crippen LogP contribution in [0, 0.1) is 0 Å². The maximum absolute atomic E-state index is 11.9. The first kappa shape index (κ1) is 32.1. The van der Waals surface area contributed by atoms with Crippen LogP contribution in [0.5, 0.6) is 5.95 Å². The molecule has 4 rings (SSSR count). The predicted molar refractivity (Wildman–Crippen MR) is 148 cm³/mol. The van der Waals surface area contributed by atoms with Gasteiger partial charge < -0.3 is 19.4 Å². The van der Waals surface area contributed by atoms with E-state index < -0.39 is 11.9 Å². The maximum Gasteiger partial charge on any atom is 0.368 e. The van der Waals surface area contributed by atoms with Gasteiger partial charge in [0.05, 0.1) is 35.8 Å². The van der Waals surface area contributed by atoms with Gasteiger partial charge in [-0.3, -0.25) is 0 Å². The molecule has 7 nitrogen and oxygen atoms in total. The Morgan fingerprint density at radius 3 is 2.03 bits per heavy atom. The summed E-state index contributed by atoms with van der Waals surface area (Å²) in [6.45, 7) is 12.6. The van der Waals surface area contributed by atoms with Crippen LogP contribution in [-0.4, -0.2) is 35.5 Å². The van der Waals surface area contributed by atoms with Crippen LogP contribution in [0.1, 0.15) is 45.7 Å². The number of allylic oxidation sites excluding steroid dienone is 4. The number of hydrogen-bond donors (Lipinski definition) is 1. The average molecular weight is 603 g/mol. The zero-order chi connectivity index (χ0) is 27.5. The van der Waals surface area contributed by atoms with E-state index in [1.54, 1.807) is 35.3 Å². The van der Waals surface area contributed by atoms with Crippen LogP contribution in [0.15, 0.2) is 100 Å². The number of carbonyl (C=O) groups excluding carboxylic acids is 1. The minimum atomic E-state index is -0.510. The molecule has 0 atom stereocenters. The molecule has 1 aliphatic rings. The zero-order valence-electron chi connectivity index (χ0n) is 23.1. The van der Waals surface area contributed by atoms with Crippen molar-refractivity contribution in [3.05, 3.63) is 102 Å². The van der Waals surface area contributed by atoms with Gasteiger partial charge in [0.15, 0.2) is 0 Å². The van der Waals surface area contributed by atoms with Gasteiger partial charge in [-0.25, -0.2) is 4.79 Å². The van der Waals surface area contributed by atoms with Gasteiger partial charge in [-0.1, -0.05) is 90.1 Å². The third-order valence-corrected chi connectivity index (χ3v) is 6.12. The second-order valence-corrected chi connectivity index (χ2v) is 9.35. The van der Waals surface area contributed by atoms with Crippen molar-refractivity contribution < 1.29 is 56.9 Å². The summed E-state index contributed by atoms with van der Waals surface area (Å²) in [5.41, 5.74) is 3.27. The monoisotopic (exact) mass is 602 g/mol. The number of quaternary nitrogens is 1. The molecule has 0 saturated heterocycles. The molecule has 3 aromatic rings. The topological polar surface area (TPSA) is 92.2 Å². The molecule has 0 unspecified atom stereocenters. The van der Waals surface area contributed by atoms with Crippen molar-refractivity contribution in [2.24, 2.45) is 5.16 Å². The number of nitrogens with one attached hydrogen (secondary N) is 1. The number of rotatable bonds is 8. The van der Waals surface area contributed by atoms with Crippen molar-refractivity contribution >= 4 is 17.8 Å². The summed E-state index contributed by atoms with van der Waals surface area (Å²) in [5.74, 6) is -1.02. The van der Waals surface area contributed by atoms with Crippen LogP contribution in [0.3, 0.4) is 0 Å². The molecule has 1 aliphatic heterocycles. The van der Waals surface area contributed by atoms with Crippen molar-refractivity contribution in [2.75, 3.05) is 6.54 Å². The van der Waals surface area contributed by atoms with Crippen molar-refractivity contribution in [1.29, 1.82) is 0 Å². The summed E-state index contributed by atoms with van der Waals surface area (Å²) in [5, 5.41) is 19.6. The molecule has 1 N–H and O–H groups in total. The van der Waals surface area contributed by atoms with Crippen LogP contribution in [0.2, 0.25) is 0 Å². The van der Waals surface area contributed by atoms with E-state index in [1.165, 1.54) is 6.54 Å². The molecule has 0 spiro atoms. The fourth-order valence-corrected chi connectivity index (χ4v) is 4.32. The molecule has 1 aromatic heterocycles. The Hall–Kier alpha value is -3.13. The largest absolute Gasteiger partial charge is 0.544 e. The second kappa shape index (κ2) is 16.1. The third-order valence-electron chi connectivity index (χ3n) is 6.12. The molecule has 201 valence electrons. The Labute approximate surface area is 255 Å². The number of aromatic nitrogens is 1. The van der Waals surface area contributed by atoms with E-state index in [-0.39, 0.29) is 32.7 Å². The summed E-state index contributed by atoms with van der Waals surface area (Å²) >= 11 is 0. The zero-order valence-corrected chi connectivity index (χ0v) is 26.0. The smallest absolute Gasteiger partial charge is 0.368 e. The fourth-order valence-electron chi connectivity index (χ4n) is 4.32. The standard InChI is InChI=1S/C23H16N2O4.C8H19N.Y/c26-22-18(20(24-28-22)16-10-4-1-5-11-16)14-8-3-9-15-19-21(25-29-23(19)27)17-12-6-2-7-13-17;1-6-9(7(2)3)8(4)5;/h1-15,26H;7-8H,6H2,1-5H3;/b9-3+,14-8+,19-15-;;. The van der Waals surface area contributed by atoms with E-state index in [1.807, 2.05) is 60.7 Å². The molecule has 0 saturated carbocycles. The summed E-state index contributed by atoms with van der Waals surface area (Å²) < 4.78 is 4.80. The molecular formula is C31H35N3O4Y. The van der Waals surface area contributed by atoms with E-state index in [9.17, 15) is 9.90 Å². The normalized spacial score (nSPS) is 14.2. The first-order valence-corrected chi connectivity index (χ1v) is 12.8. The van der Waals surface area contributed by atoms with E-state index >= 15 is 0 Å². The SMILES string of the molecule is CC[NH+](C(C)C)C(C)C.O=C1ON=C(c2ccccc2)/C1=C/C=C/C=C/c1c(-c2ccccc2)noc1[O-].[Y]. The molecule has 0 bridgehead atoms. The first-order valence-electron chi connectivity index (χ1n) is 12.8. The van der Waals surface area contributed by atoms with Crippen molar-refractivity contribution in [3.63, 3.8) is 0 Å². The Bertz CT molecular complexity index is 1300. The minimum Gasteiger partial charge on any atom is -0.544 e. The van der Waals surface area contributed by atoms with Gasteiger partial charge in [0, 0.05) is 49.4 Å². The Balaban J connectivity index is 0.000000462. The summed E-state index contributed by atoms with van der Waals surface area (Å²) in [6, 6.07) is 20.2.